The summed E-state index contributed by atoms with van der Waals surface area (Å²) in [6.45, 7) is 6.23. The van der Waals surface area contributed by atoms with Crippen molar-refractivity contribution in [3.05, 3.63) is 16.3 Å². The van der Waals surface area contributed by atoms with Crippen molar-refractivity contribution in [2.45, 2.75) is 39.7 Å². The number of hydrogen-bond acceptors (Lipinski definition) is 7. The van der Waals surface area contributed by atoms with Crippen molar-refractivity contribution in [2.75, 3.05) is 10.7 Å². The zero-order chi connectivity index (χ0) is 14.4. The summed E-state index contributed by atoms with van der Waals surface area (Å²) in [5.41, 5.74) is 2.12. The second-order valence-corrected chi connectivity index (χ2v) is 4.85. The molecule has 0 aliphatic rings. The van der Waals surface area contributed by atoms with Gasteiger partial charge in [0, 0.05) is 6.04 Å². The highest BCUT2D eigenvalue weighted by Crippen LogP contribution is 2.23. The highest BCUT2D eigenvalue weighted by atomic mass is 16.6. The van der Waals surface area contributed by atoms with E-state index >= 15 is 0 Å². The van der Waals surface area contributed by atoms with Crippen LogP contribution in [0.1, 0.15) is 33.6 Å². The maximum absolute atomic E-state index is 10.9. The van der Waals surface area contributed by atoms with E-state index in [9.17, 15) is 10.1 Å². The molecule has 4 N–H and O–H groups in total. The van der Waals surface area contributed by atoms with Crippen LogP contribution < -0.4 is 16.6 Å². The van der Waals surface area contributed by atoms with E-state index in [0.29, 0.717) is 5.92 Å². The summed E-state index contributed by atoms with van der Waals surface area (Å²) in [5, 5.41) is 13.9. The lowest BCUT2D eigenvalue weighted by Gasteiger charge is -2.15. The van der Waals surface area contributed by atoms with Crippen LogP contribution in [-0.2, 0) is 0 Å². The second-order valence-electron chi connectivity index (χ2n) is 4.85. The summed E-state index contributed by atoms with van der Waals surface area (Å²) in [6.07, 6.45) is 3.08. The SMILES string of the molecule is CC(C)CCC(C)Nc1nc(NN)ncc1[N+](=O)[O-]. The molecule has 0 aliphatic carbocycles. The minimum Gasteiger partial charge on any atom is -0.362 e. The van der Waals surface area contributed by atoms with Gasteiger partial charge in [0.15, 0.2) is 0 Å². The Hall–Kier alpha value is -1.96. The van der Waals surface area contributed by atoms with Crippen molar-refractivity contribution in [3.8, 4) is 0 Å². The molecular formula is C11H20N6O2. The molecule has 1 atom stereocenters. The number of nitrogens with two attached hydrogens (primary N) is 1. The van der Waals surface area contributed by atoms with Crippen LogP contribution in [0.5, 0.6) is 0 Å². The fourth-order valence-corrected chi connectivity index (χ4v) is 1.57. The number of rotatable bonds is 7. The van der Waals surface area contributed by atoms with Crippen LogP contribution in [0.4, 0.5) is 17.5 Å². The quantitative estimate of drug-likeness (QED) is 0.392. The summed E-state index contributed by atoms with van der Waals surface area (Å²) >= 11 is 0. The molecular weight excluding hydrogens is 248 g/mol. The molecule has 0 amide bonds. The van der Waals surface area contributed by atoms with Crippen molar-refractivity contribution >= 4 is 17.5 Å². The third-order valence-corrected chi connectivity index (χ3v) is 2.66. The summed E-state index contributed by atoms with van der Waals surface area (Å²) < 4.78 is 0. The van der Waals surface area contributed by atoms with Gasteiger partial charge in [-0.15, -0.1) is 0 Å². The van der Waals surface area contributed by atoms with Gasteiger partial charge in [0.25, 0.3) is 0 Å². The molecule has 0 aliphatic heterocycles. The first-order chi connectivity index (χ1) is 8.93. The van der Waals surface area contributed by atoms with Crippen LogP contribution in [0, 0.1) is 16.0 Å². The van der Waals surface area contributed by atoms with Gasteiger partial charge in [0.1, 0.15) is 6.20 Å². The third kappa shape index (κ3) is 4.66. The molecule has 0 bridgehead atoms. The number of nitrogens with one attached hydrogen (secondary N) is 2. The van der Waals surface area contributed by atoms with E-state index in [0.717, 1.165) is 19.0 Å². The fraction of sp³-hybridized carbons (Fsp3) is 0.636. The first-order valence-corrected chi connectivity index (χ1v) is 6.18. The van der Waals surface area contributed by atoms with Crippen molar-refractivity contribution in [1.82, 2.24) is 9.97 Å². The van der Waals surface area contributed by atoms with Gasteiger partial charge in [-0.1, -0.05) is 13.8 Å². The lowest BCUT2D eigenvalue weighted by molar-refractivity contribution is -0.384. The van der Waals surface area contributed by atoms with E-state index in [1.165, 1.54) is 0 Å². The van der Waals surface area contributed by atoms with E-state index in [-0.39, 0.29) is 23.5 Å². The van der Waals surface area contributed by atoms with E-state index in [1.54, 1.807) is 0 Å². The summed E-state index contributed by atoms with van der Waals surface area (Å²) in [4.78, 5) is 18.1. The van der Waals surface area contributed by atoms with Gasteiger partial charge in [-0.2, -0.15) is 4.98 Å². The number of nitrogen functional groups attached to an aromatic ring is 1. The summed E-state index contributed by atoms with van der Waals surface area (Å²) in [6, 6.07) is 0.0848. The van der Waals surface area contributed by atoms with Crippen LogP contribution in [0.2, 0.25) is 0 Å². The molecule has 1 unspecified atom stereocenters. The Balaban J connectivity index is 2.82. The van der Waals surface area contributed by atoms with Crippen LogP contribution in [-0.4, -0.2) is 20.9 Å². The minimum atomic E-state index is -0.516. The van der Waals surface area contributed by atoms with Gasteiger partial charge >= 0.3 is 5.69 Å². The third-order valence-electron chi connectivity index (χ3n) is 2.66. The Kier molecular flexibility index (Phi) is 5.43. The number of anilines is 2. The maximum Gasteiger partial charge on any atom is 0.329 e. The Morgan fingerprint density at radius 3 is 2.63 bits per heavy atom. The van der Waals surface area contributed by atoms with Crippen molar-refractivity contribution in [1.29, 1.82) is 0 Å². The zero-order valence-electron chi connectivity index (χ0n) is 11.4. The maximum atomic E-state index is 10.9. The number of aromatic nitrogens is 2. The van der Waals surface area contributed by atoms with Crippen LogP contribution >= 0.6 is 0 Å². The number of nitrogens with zero attached hydrogens (tertiary/aromatic N) is 3. The molecule has 1 aromatic heterocycles. The molecule has 8 heteroatoms. The largest absolute Gasteiger partial charge is 0.362 e. The topological polar surface area (TPSA) is 119 Å². The number of hydrazine groups is 1. The molecule has 0 radical (unpaired) electrons. The Labute approximate surface area is 111 Å². The highest BCUT2D eigenvalue weighted by molar-refractivity contribution is 5.57. The van der Waals surface area contributed by atoms with Crippen molar-refractivity contribution in [3.63, 3.8) is 0 Å². The average Bonchev–Trinajstić information content (AvgIpc) is 2.35. The van der Waals surface area contributed by atoms with Gasteiger partial charge < -0.3 is 5.32 Å². The summed E-state index contributed by atoms with van der Waals surface area (Å²) in [7, 11) is 0. The molecule has 1 aromatic rings. The molecule has 8 nitrogen and oxygen atoms in total. The molecule has 0 fully saturated rings. The van der Waals surface area contributed by atoms with Crippen LogP contribution in [0.25, 0.3) is 0 Å². The van der Waals surface area contributed by atoms with Gasteiger partial charge in [0.2, 0.25) is 11.8 Å². The zero-order valence-corrected chi connectivity index (χ0v) is 11.4. The Bertz CT molecular complexity index is 437. The molecule has 106 valence electrons. The molecule has 0 saturated carbocycles. The molecule has 0 saturated heterocycles. The first-order valence-electron chi connectivity index (χ1n) is 6.18. The fourth-order valence-electron chi connectivity index (χ4n) is 1.57. The molecule has 0 spiro atoms. The van der Waals surface area contributed by atoms with Crippen molar-refractivity contribution < 1.29 is 4.92 Å². The van der Waals surface area contributed by atoms with E-state index < -0.39 is 4.92 Å². The average molecular weight is 268 g/mol. The predicted molar refractivity (Wildman–Crippen MR) is 73.7 cm³/mol. The Morgan fingerprint density at radius 1 is 1.42 bits per heavy atom. The monoisotopic (exact) mass is 268 g/mol. The van der Waals surface area contributed by atoms with E-state index in [2.05, 4.69) is 34.6 Å². The van der Waals surface area contributed by atoms with Gasteiger partial charge in [-0.05, 0) is 25.7 Å². The van der Waals surface area contributed by atoms with Crippen LogP contribution in [0.3, 0.4) is 0 Å². The predicted octanol–water partition coefficient (Wildman–Crippen LogP) is 1.91. The molecule has 19 heavy (non-hydrogen) atoms. The van der Waals surface area contributed by atoms with Crippen LogP contribution in [0.15, 0.2) is 6.20 Å². The normalized spacial score (nSPS) is 12.3. The van der Waals surface area contributed by atoms with Gasteiger partial charge in [-0.3, -0.25) is 15.5 Å². The number of hydrogen-bond donors (Lipinski definition) is 3. The van der Waals surface area contributed by atoms with Crippen molar-refractivity contribution in [2.24, 2.45) is 11.8 Å². The smallest absolute Gasteiger partial charge is 0.329 e. The minimum absolute atomic E-state index is 0.0848. The highest BCUT2D eigenvalue weighted by Gasteiger charge is 2.18. The van der Waals surface area contributed by atoms with E-state index in [1.807, 2.05) is 6.92 Å². The molecule has 1 heterocycles. The number of nitro groups is 1. The van der Waals surface area contributed by atoms with Gasteiger partial charge in [-0.25, -0.2) is 10.8 Å². The first kappa shape index (κ1) is 15.1. The van der Waals surface area contributed by atoms with Gasteiger partial charge in [0.05, 0.1) is 4.92 Å². The summed E-state index contributed by atoms with van der Waals surface area (Å²) in [5.74, 6) is 6.12. The Morgan fingerprint density at radius 2 is 2.11 bits per heavy atom. The second kappa shape index (κ2) is 6.83. The lowest BCUT2D eigenvalue weighted by atomic mass is 10.0. The molecule has 0 aromatic carbocycles. The standard InChI is InChI=1S/C11H20N6O2/c1-7(2)4-5-8(3)14-10-9(17(18)19)6-13-11(15-10)16-12/h6-8H,4-5,12H2,1-3H3,(H2,13,14,15,16). The lowest BCUT2D eigenvalue weighted by Crippen LogP contribution is -2.19. The molecule has 1 rings (SSSR count). The van der Waals surface area contributed by atoms with E-state index in [4.69, 9.17) is 5.84 Å².